The van der Waals surface area contributed by atoms with E-state index in [0.29, 0.717) is 6.04 Å². The summed E-state index contributed by atoms with van der Waals surface area (Å²) in [7, 11) is 0. The molecule has 20 heavy (non-hydrogen) atoms. The molecule has 0 amide bonds. The number of nitrogen functional groups attached to an aromatic ring is 1. The van der Waals surface area contributed by atoms with E-state index in [1.54, 1.807) is 0 Å². The van der Waals surface area contributed by atoms with Gasteiger partial charge in [-0.05, 0) is 67.2 Å². The van der Waals surface area contributed by atoms with Crippen LogP contribution in [0.15, 0.2) is 30.5 Å². The Labute approximate surface area is 118 Å². The molecule has 2 aromatic rings. The molecular weight excluding hydrogens is 246 g/mol. The Balaban J connectivity index is 1.50. The van der Waals surface area contributed by atoms with Gasteiger partial charge in [0.05, 0.1) is 11.2 Å². The Morgan fingerprint density at radius 1 is 1.10 bits per heavy atom. The molecule has 3 heteroatoms. The molecule has 0 saturated heterocycles. The van der Waals surface area contributed by atoms with E-state index in [2.05, 4.69) is 22.4 Å². The summed E-state index contributed by atoms with van der Waals surface area (Å²) >= 11 is 0. The molecule has 3 N–H and O–H groups in total. The van der Waals surface area contributed by atoms with Gasteiger partial charge in [-0.2, -0.15) is 0 Å². The van der Waals surface area contributed by atoms with Crippen LogP contribution in [-0.2, 0) is 0 Å². The highest BCUT2D eigenvalue weighted by Crippen LogP contribution is 2.66. The van der Waals surface area contributed by atoms with Gasteiger partial charge in [0.25, 0.3) is 0 Å². The summed E-state index contributed by atoms with van der Waals surface area (Å²) < 4.78 is 0. The average Bonchev–Trinajstić information content (AvgIpc) is 2.86. The number of aromatic nitrogens is 1. The maximum absolute atomic E-state index is 6.03. The van der Waals surface area contributed by atoms with Gasteiger partial charge in [-0.25, -0.2) is 0 Å². The molecule has 102 valence electrons. The van der Waals surface area contributed by atoms with Crippen LogP contribution in [0.3, 0.4) is 0 Å². The summed E-state index contributed by atoms with van der Waals surface area (Å²) in [6, 6.07) is 8.91. The molecular formula is C17H19N3. The first kappa shape index (κ1) is 11.0. The molecule has 3 aliphatic rings. The lowest BCUT2D eigenvalue weighted by Crippen LogP contribution is -2.13. The fraction of sp³-hybridized carbons (Fsp3) is 0.471. The normalized spacial score (nSPS) is 37.1. The number of benzene rings is 1. The number of nitrogens with two attached hydrogens (primary N) is 1. The zero-order valence-corrected chi connectivity index (χ0v) is 11.4. The fourth-order valence-corrected chi connectivity index (χ4v) is 5.02. The Hall–Kier alpha value is -1.77. The van der Waals surface area contributed by atoms with Crippen molar-refractivity contribution in [2.45, 2.75) is 25.3 Å². The number of pyridine rings is 1. The summed E-state index contributed by atoms with van der Waals surface area (Å²) in [5.41, 5.74) is 8.93. The van der Waals surface area contributed by atoms with Crippen molar-refractivity contribution in [1.82, 2.24) is 4.98 Å². The van der Waals surface area contributed by atoms with Gasteiger partial charge < -0.3 is 11.1 Å². The van der Waals surface area contributed by atoms with Crippen molar-refractivity contribution in [2.24, 2.45) is 23.7 Å². The van der Waals surface area contributed by atoms with Crippen LogP contribution in [0.4, 0.5) is 11.4 Å². The predicted molar refractivity (Wildman–Crippen MR) is 81.4 cm³/mol. The van der Waals surface area contributed by atoms with Gasteiger partial charge in [0.1, 0.15) is 0 Å². The second-order valence-electron chi connectivity index (χ2n) is 6.76. The van der Waals surface area contributed by atoms with Gasteiger partial charge in [0.2, 0.25) is 0 Å². The Morgan fingerprint density at radius 3 is 2.70 bits per heavy atom. The molecule has 0 radical (unpaired) electrons. The molecule has 1 aromatic heterocycles. The maximum atomic E-state index is 6.03. The van der Waals surface area contributed by atoms with E-state index < -0.39 is 0 Å². The van der Waals surface area contributed by atoms with Crippen molar-refractivity contribution in [3.8, 4) is 0 Å². The Kier molecular flexibility index (Phi) is 2.00. The van der Waals surface area contributed by atoms with Crippen molar-refractivity contribution >= 4 is 22.3 Å². The first-order chi connectivity index (χ1) is 9.83. The number of anilines is 2. The molecule has 3 fully saturated rings. The summed E-state index contributed by atoms with van der Waals surface area (Å²) in [5, 5.41) is 4.95. The van der Waals surface area contributed by atoms with Crippen LogP contribution in [0.25, 0.3) is 10.9 Å². The third-order valence-corrected chi connectivity index (χ3v) is 5.86. The third-order valence-electron chi connectivity index (χ3n) is 5.86. The van der Waals surface area contributed by atoms with Gasteiger partial charge in [-0.3, -0.25) is 4.98 Å². The smallest absolute Gasteiger partial charge is 0.0951 e. The highest BCUT2D eigenvalue weighted by atomic mass is 15.0. The lowest BCUT2D eigenvalue weighted by Gasteiger charge is -2.14. The van der Waals surface area contributed by atoms with Gasteiger partial charge in [0, 0.05) is 23.3 Å². The monoisotopic (exact) mass is 265 g/mol. The van der Waals surface area contributed by atoms with E-state index in [1.165, 1.54) is 24.9 Å². The lowest BCUT2D eigenvalue weighted by atomic mass is 10.0. The second-order valence-corrected chi connectivity index (χ2v) is 6.76. The van der Waals surface area contributed by atoms with E-state index in [4.69, 9.17) is 5.73 Å². The van der Waals surface area contributed by atoms with Crippen molar-refractivity contribution < 1.29 is 0 Å². The summed E-state index contributed by atoms with van der Waals surface area (Å²) in [6.07, 6.45) is 6.24. The molecule has 4 unspecified atom stereocenters. The molecule has 1 aromatic carbocycles. The van der Waals surface area contributed by atoms with Gasteiger partial charge in [-0.1, -0.05) is 0 Å². The zero-order valence-electron chi connectivity index (χ0n) is 11.4. The van der Waals surface area contributed by atoms with Gasteiger partial charge in [0.15, 0.2) is 0 Å². The molecule has 3 saturated carbocycles. The fourth-order valence-electron chi connectivity index (χ4n) is 5.02. The van der Waals surface area contributed by atoms with Crippen LogP contribution < -0.4 is 11.1 Å². The Morgan fingerprint density at radius 2 is 1.90 bits per heavy atom. The van der Waals surface area contributed by atoms with Crippen LogP contribution in [0.1, 0.15) is 19.3 Å². The Bertz CT molecular complexity index is 680. The van der Waals surface area contributed by atoms with Crippen LogP contribution in [0.2, 0.25) is 0 Å². The van der Waals surface area contributed by atoms with Crippen molar-refractivity contribution in [3.63, 3.8) is 0 Å². The van der Waals surface area contributed by atoms with E-state index >= 15 is 0 Å². The van der Waals surface area contributed by atoms with Crippen molar-refractivity contribution in [1.29, 1.82) is 0 Å². The van der Waals surface area contributed by atoms with Crippen LogP contribution in [-0.4, -0.2) is 11.0 Å². The number of hydrogen-bond donors (Lipinski definition) is 2. The number of nitrogens with one attached hydrogen (secondary N) is 1. The van der Waals surface area contributed by atoms with E-state index in [-0.39, 0.29) is 0 Å². The summed E-state index contributed by atoms with van der Waals surface area (Å²) in [6.45, 7) is 0. The minimum atomic E-state index is 0.702. The maximum Gasteiger partial charge on any atom is 0.0951 e. The van der Waals surface area contributed by atoms with Crippen molar-refractivity contribution in [3.05, 3.63) is 30.5 Å². The first-order valence-electron chi connectivity index (χ1n) is 7.72. The second kappa shape index (κ2) is 3.66. The largest absolute Gasteiger partial charge is 0.397 e. The highest BCUT2D eigenvalue weighted by molar-refractivity contribution is 5.98. The lowest BCUT2D eigenvalue weighted by molar-refractivity contribution is 0.456. The van der Waals surface area contributed by atoms with Gasteiger partial charge in [-0.15, -0.1) is 0 Å². The number of hydrogen-bond acceptors (Lipinski definition) is 3. The van der Waals surface area contributed by atoms with Crippen LogP contribution in [0.5, 0.6) is 0 Å². The van der Waals surface area contributed by atoms with E-state index in [1.807, 2.05) is 18.3 Å². The summed E-state index contributed by atoms with van der Waals surface area (Å²) in [5.74, 6) is 3.89. The molecule has 3 aliphatic carbocycles. The molecule has 5 rings (SSSR count). The highest BCUT2D eigenvalue weighted by Gasteiger charge is 2.65. The minimum absolute atomic E-state index is 0.702. The van der Waals surface area contributed by atoms with Crippen molar-refractivity contribution in [2.75, 3.05) is 11.1 Å². The zero-order chi connectivity index (χ0) is 13.3. The topological polar surface area (TPSA) is 50.9 Å². The summed E-state index contributed by atoms with van der Waals surface area (Å²) in [4.78, 5) is 4.42. The number of nitrogens with zero attached hydrogens (tertiary/aromatic N) is 1. The van der Waals surface area contributed by atoms with Crippen LogP contribution in [0, 0.1) is 23.7 Å². The first-order valence-corrected chi connectivity index (χ1v) is 7.72. The molecule has 4 atom stereocenters. The standard InChI is InChI=1S/C17H19N3/c18-12-5-6-13(11-2-1-7-19-16(11)12)20-17-14-9-3-4-10(8-9)15(14)17/h1-2,5-7,9-10,14-15,17,20H,3-4,8,18H2. The van der Waals surface area contributed by atoms with E-state index in [0.717, 1.165) is 40.3 Å². The molecule has 0 aliphatic heterocycles. The minimum Gasteiger partial charge on any atom is -0.397 e. The quantitative estimate of drug-likeness (QED) is 0.819. The molecule has 3 nitrogen and oxygen atoms in total. The molecule has 2 bridgehead atoms. The SMILES string of the molecule is Nc1ccc(NC2C3C4CCC(C4)C23)c2cccnc12. The van der Waals surface area contributed by atoms with E-state index in [9.17, 15) is 0 Å². The van der Waals surface area contributed by atoms with Gasteiger partial charge >= 0.3 is 0 Å². The average molecular weight is 265 g/mol. The number of fused-ring (bicyclic) bond motifs is 6. The van der Waals surface area contributed by atoms with Crippen LogP contribution >= 0.6 is 0 Å². The predicted octanol–water partition coefficient (Wildman–Crippen LogP) is 3.27. The number of rotatable bonds is 2. The molecule has 1 heterocycles. The third kappa shape index (κ3) is 1.33. The molecule has 0 spiro atoms.